The molecule has 0 aromatic heterocycles. The molecule has 4 nitrogen and oxygen atoms in total. The normalized spacial score (nSPS) is 22.1. The molecular weight excluding hydrogens is 272 g/mol. The molecule has 0 radical (unpaired) electrons. The first kappa shape index (κ1) is 13.6. The molecule has 2 rings (SSSR count). The highest BCUT2D eigenvalue weighted by Crippen LogP contribution is 2.30. The number of halogens is 1. The Morgan fingerprint density at radius 1 is 1.50 bits per heavy atom. The molecule has 0 aliphatic carbocycles. The molecule has 18 heavy (non-hydrogen) atoms. The van der Waals surface area contributed by atoms with Gasteiger partial charge in [0.25, 0.3) is 0 Å². The number of anilines is 1. The molecular formula is C12H17ClN2O2S. The van der Waals surface area contributed by atoms with Gasteiger partial charge in [0.1, 0.15) is 0 Å². The summed E-state index contributed by atoms with van der Waals surface area (Å²) in [5.74, 6) is 0.473. The first-order chi connectivity index (χ1) is 8.44. The largest absolute Gasteiger partial charge is 0.370 e. The Balaban J connectivity index is 2.29. The van der Waals surface area contributed by atoms with E-state index in [0.29, 0.717) is 18.0 Å². The van der Waals surface area contributed by atoms with Gasteiger partial charge in [-0.1, -0.05) is 17.7 Å². The molecule has 1 unspecified atom stereocenters. The van der Waals surface area contributed by atoms with Gasteiger partial charge in [-0.25, -0.2) is 8.42 Å². The second-order valence-electron chi connectivity index (χ2n) is 4.61. The van der Waals surface area contributed by atoms with Gasteiger partial charge in [-0.3, -0.25) is 0 Å². The molecule has 1 aliphatic heterocycles. The fourth-order valence-electron chi connectivity index (χ4n) is 2.36. The summed E-state index contributed by atoms with van der Waals surface area (Å²) in [5, 5.41) is 0.628. The predicted octanol–water partition coefficient (Wildman–Crippen LogP) is 1.42. The maximum absolute atomic E-state index is 11.5. The summed E-state index contributed by atoms with van der Waals surface area (Å²) in [5.41, 5.74) is 7.50. The molecule has 6 heteroatoms. The van der Waals surface area contributed by atoms with Crippen molar-refractivity contribution >= 4 is 27.1 Å². The zero-order valence-electron chi connectivity index (χ0n) is 10.3. The molecule has 1 aromatic carbocycles. The van der Waals surface area contributed by atoms with E-state index >= 15 is 0 Å². The minimum atomic E-state index is -2.88. The highest BCUT2D eigenvalue weighted by Gasteiger charge is 2.31. The third-order valence-corrected chi connectivity index (χ3v) is 5.54. The smallest absolute Gasteiger partial charge is 0.152 e. The van der Waals surface area contributed by atoms with E-state index in [2.05, 4.69) is 0 Å². The summed E-state index contributed by atoms with van der Waals surface area (Å²) >= 11 is 6.11. The molecule has 0 amide bonds. The lowest BCUT2D eigenvalue weighted by Gasteiger charge is -2.28. The van der Waals surface area contributed by atoms with Crippen LogP contribution in [0.15, 0.2) is 18.2 Å². The van der Waals surface area contributed by atoms with Crippen LogP contribution in [-0.4, -0.2) is 33.0 Å². The molecule has 1 atom stereocenters. The van der Waals surface area contributed by atoms with Crippen LogP contribution in [0, 0.1) is 0 Å². The van der Waals surface area contributed by atoms with E-state index in [4.69, 9.17) is 17.3 Å². The zero-order valence-corrected chi connectivity index (χ0v) is 11.8. The van der Waals surface area contributed by atoms with Crippen molar-refractivity contribution in [1.29, 1.82) is 0 Å². The van der Waals surface area contributed by atoms with Crippen molar-refractivity contribution < 1.29 is 8.42 Å². The second kappa shape index (κ2) is 5.07. The van der Waals surface area contributed by atoms with Gasteiger partial charge in [0.15, 0.2) is 9.84 Å². The summed E-state index contributed by atoms with van der Waals surface area (Å²) < 4.78 is 23.0. The number of hydrogen-bond donors (Lipinski definition) is 1. The van der Waals surface area contributed by atoms with Crippen LogP contribution in [0.5, 0.6) is 0 Å². The summed E-state index contributed by atoms with van der Waals surface area (Å²) in [6, 6.07) is 5.60. The van der Waals surface area contributed by atoms with E-state index in [9.17, 15) is 8.42 Å². The molecule has 0 bridgehead atoms. The predicted molar refractivity (Wildman–Crippen MR) is 74.8 cm³/mol. The van der Waals surface area contributed by atoms with E-state index < -0.39 is 9.84 Å². The summed E-state index contributed by atoms with van der Waals surface area (Å²) in [6.07, 6.45) is 0.662. The summed E-state index contributed by atoms with van der Waals surface area (Å²) in [6.45, 7) is 0.346. The van der Waals surface area contributed by atoms with Gasteiger partial charge in [0.05, 0.1) is 11.5 Å². The van der Waals surface area contributed by atoms with E-state index in [1.165, 1.54) is 0 Å². The fraction of sp³-hybridized carbons (Fsp3) is 0.500. The standard InChI is InChI=1S/C12H17ClN2O2S/c1-15(9-5-6-18(16,17)8-9)12-4-2-3-11(13)10(12)7-14/h2-4,9H,5-8,14H2,1H3. The van der Waals surface area contributed by atoms with Crippen LogP contribution in [-0.2, 0) is 16.4 Å². The molecule has 1 aliphatic rings. The van der Waals surface area contributed by atoms with Gasteiger partial charge in [-0.15, -0.1) is 0 Å². The molecule has 100 valence electrons. The summed E-state index contributed by atoms with van der Waals surface area (Å²) in [7, 11) is -0.985. The molecule has 0 saturated carbocycles. The fourth-order valence-corrected chi connectivity index (χ4v) is 4.38. The van der Waals surface area contributed by atoms with Crippen LogP contribution in [0.25, 0.3) is 0 Å². The number of benzene rings is 1. The van der Waals surface area contributed by atoms with Gasteiger partial charge in [0.2, 0.25) is 0 Å². The van der Waals surface area contributed by atoms with Gasteiger partial charge in [-0.05, 0) is 18.6 Å². The van der Waals surface area contributed by atoms with Crippen LogP contribution in [0.1, 0.15) is 12.0 Å². The quantitative estimate of drug-likeness (QED) is 0.914. The Hall–Kier alpha value is -0.780. The number of nitrogens with zero attached hydrogens (tertiary/aromatic N) is 1. The van der Waals surface area contributed by atoms with Crippen molar-refractivity contribution in [2.24, 2.45) is 5.73 Å². The third kappa shape index (κ3) is 2.63. The lowest BCUT2D eigenvalue weighted by atomic mass is 10.1. The third-order valence-electron chi connectivity index (χ3n) is 3.43. The van der Waals surface area contributed by atoms with E-state index in [-0.39, 0.29) is 17.5 Å². The molecule has 1 saturated heterocycles. The first-order valence-corrected chi connectivity index (χ1v) is 8.05. The van der Waals surface area contributed by atoms with E-state index in [1.54, 1.807) is 6.07 Å². The van der Waals surface area contributed by atoms with Crippen molar-refractivity contribution in [3.63, 3.8) is 0 Å². The number of sulfone groups is 1. The van der Waals surface area contributed by atoms with Crippen LogP contribution in [0.3, 0.4) is 0 Å². The van der Waals surface area contributed by atoms with Crippen LogP contribution in [0.4, 0.5) is 5.69 Å². The molecule has 1 aromatic rings. The van der Waals surface area contributed by atoms with Crippen LogP contribution >= 0.6 is 11.6 Å². The van der Waals surface area contributed by atoms with E-state index in [0.717, 1.165) is 11.3 Å². The topological polar surface area (TPSA) is 63.4 Å². The van der Waals surface area contributed by atoms with Gasteiger partial charge in [0, 0.05) is 35.9 Å². The lowest BCUT2D eigenvalue weighted by Crippen LogP contribution is -2.33. The number of rotatable bonds is 3. The van der Waals surface area contributed by atoms with Gasteiger partial charge in [-0.2, -0.15) is 0 Å². The lowest BCUT2D eigenvalue weighted by molar-refractivity contribution is 0.601. The maximum atomic E-state index is 11.5. The molecule has 2 N–H and O–H groups in total. The van der Waals surface area contributed by atoms with E-state index in [1.807, 2.05) is 24.1 Å². The monoisotopic (exact) mass is 288 g/mol. The van der Waals surface area contributed by atoms with Crippen molar-refractivity contribution in [3.8, 4) is 0 Å². The second-order valence-corrected chi connectivity index (χ2v) is 7.25. The Morgan fingerprint density at radius 3 is 2.78 bits per heavy atom. The van der Waals surface area contributed by atoms with Crippen molar-refractivity contribution in [2.45, 2.75) is 19.0 Å². The summed E-state index contributed by atoms with van der Waals surface area (Å²) in [4.78, 5) is 1.98. The van der Waals surface area contributed by atoms with Gasteiger partial charge < -0.3 is 10.6 Å². The van der Waals surface area contributed by atoms with Crippen molar-refractivity contribution in [1.82, 2.24) is 0 Å². The van der Waals surface area contributed by atoms with Crippen molar-refractivity contribution in [2.75, 3.05) is 23.5 Å². The molecule has 1 heterocycles. The Morgan fingerprint density at radius 2 is 2.22 bits per heavy atom. The molecule has 1 fully saturated rings. The van der Waals surface area contributed by atoms with Gasteiger partial charge >= 0.3 is 0 Å². The van der Waals surface area contributed by atoms with Crippen LogP contribution < -0.4 is 10.6 Å². The number of hydrogen-bond acceptors (Lipinski definition) is 4. The first-order valence-electron chi connectivity index (χ1n) is 5.85. The highest BCUT2D eigenvalue weighted by molar-refractivity contribution is 7.91. The van der Waals surface area contributed by atoms with Crippen LogP contribution in [0.2, 0.25) is 5.02 Å². The average Bonchev–Trinajstić information content (AvgIpc) is 2.68. The maximum Gasteiger partial charge on any atom is 0.152 e. The Kier molecular flexibility index (Phi) is 3.84. The Labute approximate surface area is 113 Å². The average molecular weight is 289 g/mol. The van der Waals surface area contributed by atoms with Crippen molar-refractivity contribution in [3.05, 3.63) is 28.8 Å². The Bertz CT molecular complexity index is 545. The zero-order chi connectivity index (χ0) is 13.3. The minimum absolute atomic E-state index is 0.0127. The SMILES string of the molecule is CN(c1cccc(Cl)c1CN)C1CCS(=O)(=O)C1. The number of nitrogens with two attached hydrogens (primary N) is 1. The highest BCUT2D eigenvalue weighted by atomic mass is 35.5. The minimum Gasteiger partial charge on any atom is -0.370 e. The molecule has 0 spiro atoms.